The van der Waals surface area contributed by atoms with Crippen molar-refractivity contribution >= 4 is 15.9 Å². The van der Waals surface area contributed by atoms with Crippen LogP contribution in [0.5, 0.6) is 0 Å². The van der Waals surface area contributed by atoms with Gasteiger partial charge in [-0.15, -0.1) is 0 Å². The standard InChI is InChI=1S/C12H22BrN/c1-2-3-4-5-6-7-9-12(13)10-8-11-14/h12H,2-10H2,1H3. The Kier molecular flexibility index (Phi) is 11.0. The molecule has 0 aliphatic rings. The van der Waals surface area contributed by atoms with Gasteiger partial charge < -0.3 is 0 Å². The van der Waals surface area contributed by atoms with Crippen LogP contribution in [-0.2, 0) is 0 Å². The summed E-state index contributed by atoms with van der Waals surface area (Å²) in [6.07, 6.45) is 11.1. The zero-order chi connectivity index (χ0) is 10.6. The highest BCUT2D eigenvalue weighted by atomic mass is 79.9. The fourth-order valence-electron chi connectivity index (χ4n) is 1.51. The molecule has 82 valence electrons. The number of rotatable bonds is 9. The predicted octanol–water partition coefficient (Wildman–Crippen LogP) is 4.80. The van der Waals surface area contributed by atoms with Gasteiger partial charge in [0.25, 0.3) is 0 Å². The Morgan fingerprint density at radius 3 is 2.36 bits per heavy atom. The molecule has 0 aromatic heterocycles. The lowest BCUT2D eigenvalue weighted by atomic mass is 10.1. The highest BCUT2D eigenvalue weighted by Gasteiger charge is 2.02. The monoisotopic (exact) mass is 259 g/mol. The van der Waals surface area contributed by atoms with E-state index in [9.17, 15) is 0 Å². The number of unbranched alkanes of at least 4 members (excludes halogenated alkanes) is 5. The SMILES string of the molecule is CCCCCCCCC(Br)CCC#N. The smallest absolute Gasteiger partial charge is 0.0622 e. The van der Waals surface area contributed by atoms with Crippen molar-refractivity contribution in [1.29, 1.82) is 5.26 Å². The van der Waals surface area contributed by atoms with Gasteiger partial charge >= 0.3 is 0 Å². The van der Waals surface area contributed by atoms with Gasteiger partial charge in [-0.1, -0.05) is 61.4 Å². The molecule has 0 N–H and O–H groups in total. The third kappa shape index (κ3) is 10.1. The van der Waals surface area contributed by atoms with Crippen molar-refractivity contribution in [1.82, 2.24) is 0 Å². The largest absolute Gasteiger partial charge is 0.198 e. The van der Waals surface area contributed by atoms with Gasteiger partial charge in [0.2, 0.25) is 0 Å². The van der Waals surface area contributed by atoms with Crippen LogP contribution >= 0.6 is 15.9 Å². The van der Waals surface area contributed by atoms with Gasteiger partial charge in [-0.05, 0) is 12.8 Å². The number of hydrogen-bond acceptors (Lipinski definition) is 1. The molecule has 0 bridgehead atoms. The van der Waals surface area contributed by atoms with Crippen molar-refractivity contribution in [2.24, 2.45) is 0 Å². The Morgan fingerprint density at radius 2 is 1.71 bits per heavy atom. The van der Waals surface area contributed by atoms with Crippen molar-refractivity contribution in [3.05, 3.63) is 0 Å². The fourth-order valence-corrected chi connectivity index (χ4v) is 2.06. The topological polar surface area (TPSA) is 23.8 Å². The summed E-state index contributed by atoms with van der Waals surface area (Å²) >= 11 is 3.61. The maximum absolute atomic E-state index is 8.41. The molecule has 0 aliphatic carbocycles. The molecule has 0 rings (SSSR count). The van der Waals surface area contributed by atoms with Gasteiger partial charge in [-0.3, -0.25) is 0 Å². The quantitative estimate of drug-likeness (QED) is 0.431. The molecule has 0 aromatic rings. The molecule has 0 aromatic carbocycles. The summed E-state index contributed by atoms with van der Waals surface area (Å²) in [4.78, 5) is 0.563. The number of nitrogens with zero attached hydrogens (tertiary/aromatic N) is 1. The predicted molar refractivity (Wildman–Crippen MR) is 65.6 cm³/mol. The lowest BCUT2D eigenvalue weighted by Crippen LogP contribution is -1.96. The summed E-state index contributed by atoms with van der Waals surface area (Å²) in [7, 11) is 0. The van der Waals surface area contributed by atoms with Crippen LogP contribution in [0.2, 0.25) is 0 Å². The van der Waals surface area contributed by atoms with Crippen LogP contribution in [0.3, 0.4) is 0 Å². The second-order valence-electron chi connectivity index (χ2n) is 3.85. The first kappa shape index (κ1) is 14.0. The molecule has 0 radical (unpaired) electrons. The van der Waals surface area contributed by atoms with E-state index in [0.717, 1.165) is 6.42 Å². The molecule has 0 amide bonds. The lowest BCUT2D eigenvalue weighted by Gasteiger charge is -2.06. The third-order valence-corrected chi connectivity index (χ3v) is 3.36. The Hall–Kier alpha value is -0.0300. The minimum atomic E-state index is 0.563. The van der Waals surface area contributed by atoms with Crippen LogP contribution in [-0.4, -0.2) is 4.83 Å². The zero-order valence-corrected chi connectivity index (χ0v) is 10.9. The van der Waals surface area contributed by atoms with Crippen molar-refractivity contribution in [3.63, 3.8) is 0 Å². The number of alkyl halides is 1. The van der Waals surface area contributed by atoms with Crippen molar-refractivity contribution in [3.8, 4) is 6.07 Å². The highest BCUT2D eigenvalue weighted by molar-refractivity contribution is 9.09. The molecule has 1 nitrogen and oxygen atoms in total. The van der Waals surface area contributed by atoms with Crippen molar-refractivity contribution in [2.45, 2.75) is 69.5 Å². The summed E-state index contributed by atoms with van der Waals surface area (Å²) in [5.74, 6) is 0. The first-order valence-electron chi connectivity index (χ1n) is 5.82. The van der Waals surface area contributed by atoms with Crippen LogP contribution in [0.1, 0.15) is 64.7 Å². The molecule has 0 saturated heterocycles. The van der Waals surface area contributed by atoms with Gasteiger partial charge in [-0.2, -0.15) is 5.26 Å². The lowest BCUT2D eigenvalue weighted by molar-refractivity contribution is 0.576. The van der Waals surface area contributed by atoms with Crippen LogP contribution in [0.4, 0.5) is 0 Å². The molecule has 0 heterocycles. The Morgan fingerprint density at radius 1 is 1.07 bits per heavy atom. The molecule has 0 fully saturated rings. The van der Waals surface area contributed by atoms with E-state index < -0.39 is 0 Å². The van der Waals surface area contributed by atoms with Gasteiger partial charge in [0.15, 0.2) is 0 Å². The third-order valence-electron chi connectivity index (χ3n) is 2.44. The van der Waals surface area contributed by atoms with E-state index in [4.69, 9.17) is 5.26 Å². The molecular formula is C12H22BrN. The van der Waals surface area contributed by atoms with Crippen LogP contribution < -0.4 is 0 Å². The summed E-state index contributed by atoms with van der Waals surface area (Å²) in [6, 6.07) is 2.19. The summed E-state index contributed by atoms with van der Waals surface area (Å²) in [5, 5.41) is 8.41. The van der Waals surface area contributed by atoms with Crippen molar-refractivity contribution < 1.29 is 0 Å². The molecule has 14 heavy (non-hydrogen) atoms. The summed E-state index contributed by atoms with van der Waals surface area (Å²) in [5.41, 5.74) is 0. The van der Waals surface area contributed by atoms with E-state index in [0.29, 0.717) is 11.2 Å². The minimum absolute atomic E-state index is 0.563. The van der Waals surface area contributed by atoms with E-state index in [1.807, 2.05) is 0 Å². The molecule has 1 atom stereocenters. The Balaban J connectivity index is 3.07. The van der Waals surface area contributed by atoms with Crippen LogP contribution in [0.15, 0.2) is 0 Å². The number of halogens is 1. The molecule has 0 spiro atoms. The van der Waals surface area contributed by atoms with Gasteiger partial charge in [-0.25, -0.2) is 0 Å². The van der Waals surface area contributed by atoms with Crippen molar-refractivity contribution in [2.75, 3.05) is 0 Å². The summed E-state index contributed by atoms with van der Waals surface area (Å²) < 4.78 is 0. The van der Waals surface area contributed by atoms with E-state index in [2.05, 4.69) is 28.9 Å². The zero-order valence-electron chi connectivity index (χ0n) is 9.27. The van der Waals surface area contributed by atoms with E-state index in [-0.39, 0.29) is 0 Å². The van der Waals surface area contributed by atoms with Crippen LogP contribution in [0, 0.1) is 11.3 Å². The molecule has 0 aliphatic heterocycles. The van der Waals surface area contributed by atoms with Gasteiger partial charge in [0, 0.05) is 11.2 Å². The first-order chi connectivity index (χ1) is 6.81. The van der Waals surface area contributed by atoms with E-state index in [1.54, 1.807) is 0 Å². The van der Waals surface area contributed by atoms with Gasteiger partial charge in [0.1, 0.15) is 0 Å². The Bertz CT molecular complexity index is 151. The Labute approximate surface area is 97.0 Å². The highest BCUT2D eigenvalue weighted by Crippen LogP contribution is 2.16. The molecule has 2 heteroatoms. The number of hydrogen-bond donors (Lipinski definition) is 0. The normalized spacial score (nSPS) is 12.4. The number of nitriles is 1. The van der Waals surface area contributed by atoms with Gasteiger partial charge in [0.05, 0.1) is 6.07 Å². The minimum Gasteiger partial charge on any atom is -0.198 e. The molecule has 0 saturated carbocycles. The second kappa shape index (κ2) is 11.0. The first-order valence-corrected chi connectivity index (χ1v) is 6.73. The molecule has 1 unspecified atom stereocenters. The average Bonchev–Trinajstić information content (AvgIpc) is 2.20. The fraction of sp³-hybridized carbons (Fsp3) is 0.917. The summed E-state index contributed by atoms with van der Waals surface area (Å²) in [6.45, 7) is 2.25. The average molecular weight is 260 g/mol. The van der Waals surface area contributed by atoms with E-state index >= 15 is 0 Å². The second-order valence-corrected chi connectivity index (χ2v) is 5.15. The molecular weight excluding hydrogens is 238 g/mol. The maximum atomic E-state index is 8.41. The maximum Gasteiger partial charge on any atom is 0.0622 e. The van der Waals surface area contributed by atoms with Crippen LogP contribution in [0.25, 0.3) is 0 Å². The van der Waals surface area contributed by atoms with E-state index in [1.165, 1.54) is 44.9 Å².